The lowest BCUT2D eigenvalue weighted by atomic mass is 9.99. The number of likely N-dealkylation sites (tertiary alicyclic amines) is 1. The van der Waals surface area contributed by atoms with Crippen LogP contribution in [0, 0.1) is 5.92 Å². The van der Waals surface area contributed by atoms with E-state index in [4.69, 9.17) is 4.74 Å². The van der Waals surface area contributed by atoms with Crippen molar-refractivity contribution in [1.29, 1.82) is 0 Å². The van der Waals surface area contributed by atoms with Crippen LogP contribution in [-0.2, 0) is 4.74 Å². The second kappa shape index (κ2) is 5.15. The van der Waals surface area contributed by atoms with E-state index in [1.807, 2.05) is 0 Å². The molecule has 2 aliphatic rings. The van der Waals surface area contributed by atoms with E-state index < -0.39 is 0 Å². The van der Waals surface area contributed by atoms with Gasteiger partial charge in [-0.1, -0.05) is 22.9 Å². The van der Waals surface area contributed by atoms with Gasteiger partial charge in [0.25, 0.3) is 0 Å². The standard InChI is InChI=1S/C12H22BrNO/c1-9-5-6-14(8-12(9)13)7-11-4-3-10(2)15-11/h9-12H,3-8H2,1-2H3. The lowest BCUT2D eigenvalue weighted by molar-refractivity contribution is 0.0256. The summed E-state index contributed by atoms with van der Waals surface area (Å²) in [6.45, 7) is 8.10. The number of hydrogen-bond acceptors (Lipinski definition) is 2. The van der Waals surface area contributed by atoms with Crippen molar-refractivity contribution in [3.05, 3.63) is 0 Å². The molecule has 0 aromatic carbocycles. The lowest BCUT2D eigenvalue weighted by Gasteiger charge is -2.35. The van der Waals surface area contributed by atoms with Crippen LogP contribution in [0.4, 0.5) is 0 Å². The third-order valence-corrected chi connectivity index (χ3v) is 4.92. The van der Waals surface area contributed by atoms with Gasteiger partial charge in [0.1, 0.15) is 0 Å². The van der Waals surface area contributed by atoms with Crippen LogP contribution in [0.3, 0.4) is 0 Å². The maximum atomic E-state index is 5.87. The molecule has 0 aromatic heterocycles. The molecule has 2 rings (SSSR count). The molecule has 0 aliphatic carbocycles. The Labute approximate surface area is 101 Å². The minimum absolute atomic E-state index is 0.485. The summed E-state index contributed by atoms with van der Waals surface area (Å²) in [6, 6.07) is 0. The Bertz CT molecular complexity index is 212. The fourth-order valence-corrected chi connectivity index (χ4v) is 3.23. The molecule has 0 aromatic rings. The van der Waals surface area contributed by atoms with Crippen LogP contribution in [0.2, 0.25) is 0 Å². The van der Waals surface area contributed by atoms with Crippen LogP contribution in [0.5, 0.6) is 0 Å². The molecule has 2 saturated heterocycles. The van der Waals surface area contributed by atoms with Gasteiger partial charge in [0.15, 0.2) is 0 Å². The van der Waals surface area contributed by atoms with E-state index in [1.165, 1.54) is 32.4 Å². The van der Waals surface area contributed by atoms with E-state index in [-0.39, 0.29) is 0 Å². The summed E-state index contributed by atoms with van der Waals surface area (Å²) in [7, 11) is 0. The first-order valence-electron chi connectivity index (χ1n) is 6.17. The van der Waals surface area contributed by atoms with E-state index in [2.05, 4.69) is 34.7 Å². The van der Waals surface area contributed by atoms with E-state index in [9.17, 15) is 0 Å². The normalized spacial score (nSPS) is 43.4. The molecule has 88 valence electrons. The van der Waals surface area contributed by atoms with E-state index in [0.29, 0.717) is 17.0 Å². The predicted octanol–water partition coefficient (Wildman–Crippen LogP) is 2.66. The first kappa shape index (κ1) is 11.9. The smallest absolute Gasteiger partial charge is 0.0706 e. The number of ether oxygens (including phenoxy) is 1. The summed E-state index contributed by atoms with van der Waals surface area (Å²) in [4.78, 5) is 3.23. The average molecular weight is 276 g/mol. The summed E-state index contributed by atoms with van der Waals surface area (Å²) >= 11 is 3.77. The number of halogens is 1. The molecule has 2 heterocycles. The van der Waals surface area contributed by atoms with Crippen molar-refractivity contribution >= 4 is 15.9 Å². The lowest BCUT2D eigenvalue weighted by Crippen LogP contribution is -2.43. The fraction of sp³-hybridized carbons (Fsp3) is 1.00. The summed E-state index contributed by atoms with van der Waals surface area (Å²) in [5.41, 5.74) is 0. The Kier molecular flexibility index (Phi) is 4.08. The van der Waals surface area contributed by atoms with Crippen LogP contribution in [0.1, 0.15) is 33.1 Å². The number of piperidine rings is 1. The maximum Gasteiger partial charge on any atom is 0.0706 e. The van der Waals surface area contributed by atoms with Gasteiger partial charge in [-0.2, -0.15) is 0 Å². The van der Waals surface area contributed by atoms with Crippen molar-refractivity contribution in [1.82, 2.24) is 4.90 Å². The van der Waals surface area contributed by atoms with Crippen molar-refractivity contribution < 1.29 is 4.74 Å². The molecular formula is C12H22BrNO. The molecule has 0 bridgehead atoms. The molecule has 4 atom stereocenters. The molecule has 0 radical (unpaired) electrons. The second-order valence-electron chi connectivity index (χ2n) is 5.19. The highest BCUT2D eigenvalue weighted by Gasteiger charge is 2.28. The number of alkyl halides is 1. The quantitative estimate of drug-likeness (QED) is 0.719. The highest BCUT2D eigenvalue weighted by Crippen LogP contribution is 2.25. The molecule has 0 amide bonds. The van der Waals surface area contributed by atoms with Gasteiger partial charge in [-0.25, -0.2) is 0 Å². The molecule has 0 spiro atoms. The second-order valence-corrected chi connectivity index (χ2v) is 6.36. The molecule has 2 nitrogen and oxygen atoms in total. The highest BCUT2D eigenvalue weighted by molar-refractivity contribution is 9.09. The largest absolute Gasteiger partial charge is 0.374 e. The summed E-state index contributed by atoms with van der Waals surface area (Å²) in [5.74, 6) is 0.824. The van der Waals surface area contributed by atoms with Gasteiger partial charge in [0.05, 0.1) is 12.2 Å². The Hall–Kier alpha value is 0.400. The van der Waals surface area contributed by atoms with Gasteiger partial charge in [0.2, 0.25) is 0 Å². The van der Waals surface area contributed by atoms with Crippen LogP contribution < -0.4 is 0 Å². The monoisotopic (exact) mass is 275 g/mol. The van der Waals surface area contributed by atoms with Crippen molar-refractivity contribution in [3.8, 4) is 0 Å². The highest BCUT2D eigenvalue weighted by atomic mass is 79.9. The molecule has 4 unspecified atom stereocenters. The van der Waals surface area contributed by atoms with Gasteiger partial charge < -0.3 is 4.74 Å². The summed E-state index contributed by atoms with van der Waals surface area (Å²) in [6.07, 6.45) is 4.79. The molecule has 0 N–H and O–H groups in total. The Morgan fingerprint density at radius 1 is 1.27 bits per heavy atom. The van der Waals surface area contributed by atoms with E-state index in [0.717, 1.165) is 12.5 Å². The van der Waals surface area contributed by atoms with Gasteiger partial charge in [-0.15, -0.1) is 0 Å². The Balaban J connectivity index is 1.75. The Morgan fingerprint density at radius 3 is 2.67 bits per heavy atom. The SMILES string of the molecule is CC1CCC(CN2CCC(C)C(Br)C2)O1. The van der Waals surface area contributed by atoms with Crippen LogP contribution >= 0.6 is 15.9 Å². The van der Waals surface area contributed by atoms with Crippen molar-refractivity contribution in [2.24, 2.45) is 5.92 Å². The maximum absolute atomic E-state index is 5.87. The summed E-state index contributed by atoms with van der Waals surface area (Å²) < 4.78 is 5.87. The van der Waals surface area contributed by atoms with Gasteiger partial charge in [0, 0.05) is 17.9 Å². The molecule has 0 saturated carbocycles. The third-order valence-electron chi connectivity index (χ3n) is 3.73. The number of nitrogens with zero attached hydrogens (tertiary/aromatic N) is 1. The number of hydrogen-bond donors (Lipinski definition) is 0. The zero-order chi connectivity index (χ0) is 10.8. The van der Waals surface area contributed by atoms with Gasteiger partial charge >= 0.3 is 0 Å². The van der Waals surface area contributed by atoms with Crippen LogP contribution in [0.15, 0.2) is 0 Å². The minimum atomic E-state index is 0.485. The topological polar surface area (TPSA) is 12.5 Å². The van der Waals surface area contributed by atoms with E-state index in [1.54, 1.807) is 0 Å². The van der Waals surface area contributed by atoms with Gasteiger partial charge in [-0.05, 0) is 38.6 Å². The molecule has 15 heavy (non-hydrogen) atoms. The molecule has 2 fully saturated rings. The van der Waals surface area contributed by atoms with Crippen molar-refractivity contribution in [2.45, 2.75) is 50.1 Å². The fourth-order valence-electron chi connectivity index (χ4n) is 2.56. The minimum Gasteiger partial charge on any atom is -0.374 e. The first-order chi connectivity index (χ1) is 7.15. The molecular weight excluding hydrogens is 254 g/mol. The third kappa shape index (κ3) is 3.18. The van der Waals surface area contributed by atoms with Crippen LogP contribution in [0.25, 0.3) is 0 Å². The molecule has 2 aliphatic heterocycles. The Morgan fingerprint density at radius 2 is 2.07 bits per heavy atom. The summed E-state index contributed by atoms with van der Waals surface area (Å²) in [5, 5.41) is 0. The van der Waals surface area contributed by atoms with Crippen molar-refractivity contribution in [3.63, 3.8) is 0 Å². The number of rotatable bonds is 2. The van der Waals surface area contributed by atoms with Gasteiger partial charge in [-0.3, -0.25) is 4.90 Å². The zero-order valence-corrected chi connectivity index (χ0v) is 11.4. The molecule has 3 heteroatoms. The first-order valence-corrected chi connectivity index (χ1v) is 7.08. The van der Waals surface area contributed by atoms with Crippen molar-refractivity contribution in [2.75, 3.05) is 19.6 Å². The predicted molar refractivity (Wildman–Crippen MR) is 66.5 cm³/mol. The zero-order valence-electron chi connectivity index (χ0n) is 9.79. The average Bonchev–Trinajstić information content (AvgIpc) is 2.58. The van der Waals surface area contributed by atoms with Crippen LogP contribution in [-0.4, -0.2) is 41.6 Å². The van der Waals surface area contributed by atoms with E-state index >= 15 is 0 Å².